The molecular formula is C14H12BrClN2O. The molecular weight excluding hydrogens is 328 g/mol. The van der Waals surface area contributed by atoms with Crippen LogP contribution in [0.1, 0.15) is 15.9 Å². The van der Waals surface area contributed by atoms with Gasteiger partial charge in [-0.05, 0) is 42.8 Å². The lowest BCUT2D eigenvalue weighted by Gasteiger charge is -2.08. The largest absolute Gasteiger partial charge is 0.398 e. The Morgan fingerprint density at radius 2 is 2.00 bits per heavy atom. The number of nitrogens with two attached hydrogens (primary N) is 1. The molecule has 0 saturated heterocycles. The van der Waals surface area contributed by atoms with E-state index in [1.807, 2.05) is 25.1 Å². The Morgan fingerprint density at radius 1 is 1.26 bits per heavy atom. The van der Waals surface area contributed by atoms with Gasteiger partial charge in [-0.3, -0.25) is 4.79 Å². The predicted octanol–water partition coefficient (Wildman–Crippen LogP) is 4.25. The van der Waals surface area contributed by atoms with Crippen molar-refractivity contribution in [2.45, 2.75) is 6.92 Å². The molecule has 19 heavy (non-hydrogen) atoms. The minimum Gasteiger partial charge on any atom is -0.398 e. The molecule has 0 saturated carbocycles. The summed E-state index contributed by atoms with van der Waals surface area (Å²) >= 11 is 9.32. The van der Waals surface area contributed by atoms with E-state index < -0.39 is 0 Å². The molecule has 0 spiro atoms. The topological polar surface area (TPSA) is 55.1 Å². The number of anilines is 2. The Kier molecular flexibility index (Phi) is 4.12. The first-order valence-electron chi connectivity index (χ1n) is 5.60. The van der Waals surface area contributed by atoms with Crippen molar-refractivity contribution >= 4 is 44.8 Å². The number of nitrogens with one attached hydrogen (secondary N) is 1. The zero-order valence-corrected chi connectivity index (χ0v) is 12.5. The number of carbonyl (C=O) groups is 1. The van der Waals surface area contributed by atoms with Crippen LogP contribution in [0.25, 0.3) is 0 Å². The molecule has 0 aromatic heterocycles. The SMILES string of the molecule is Cc1ccc(NC(=O)c2ccc(N)c(Cl)c2)cc1Br. The molecule has 0 radical (unpaired) electrons. The fraction of sp³-hybridized carbons (Fsp3) is 0.0714. The summed E-state index contributed by atoms with van der Waals surface area (Å²) in [5.74, 6) is -0.224. The number of carbonyl (C=O) groups excluding carboxylic acids is 1. The van der Waals surface area contributed by atoms with E-state index in [4.69, 9.17) is 17.3 Å². The molecule has 0 heterocycles. The molecule has 1 amide bonds. The van der Waals surface area contributed by atoms with Gasteiger partial charge in [-0.1, -0.05) is 33.6 Å². The molecule has 2 aromatic rings. The van der Waals surface area contributed by atoms with Crippen LogP contribution in [0.2, 0.25) is 5.02 Å². The van der Waals surface area contributed by atoms with Crippen LogP contribution >= 0.6 is 27.5 Å². The maximum absolute atomic E-state index is 12.0. The van der Waals surface area contributed by atoms with Gasteiger partial charge in [0.15, 0.2) is 0 Å². The summed E-state index contributed by atoms with van der Waals surface area (Å²) in [4.78, 5) is 12.0. The van der Waals surface area contributed by atoms with Crippen LogP contribution < -0.4 is 11.1 Å². The lowest BCUT2D eigenvalue weighted by atomic mass is 10.2. The monoisotopic (exact) mass is 338 g/mol. The van der Waals surface area contributed by atoms with Gasteiger partial charge in [0, 0.05) is 15.7 Å². The molecule has 0 aliphatic carbocycles. The lowest BCUT2D eigenvalue weighted by Crippen LogP contribution is -2.12. The van der Waals surface area contributed by atoms with Gasteiger partial charge in [-0.25, -0.2) is 0 Å². The number of rotatable bonds is 2. The quantitative estimate of drug-likeness (QED) is 0.804. The highest BCUT2D eigenvalue weighted by Gasteiger charge is 2.08. The van der Waals surface area contributed by atoms with Gasteiger partial charge in [-0.2, -0.15) is 0 Å². The second-order valence-electron chi connectivity index (χ2n) is 4.15. The van der Waals surface area contributed by atoms with Crippen molar-refractivity contribution in [3.63, 3.8) is 0 Å². The fourth-order valence-corrected chi connectivity index (χ4v) is 2.10. The van der Waals surface area contributed by atoms with Gasteiger partial charge in [0.25, 0.3) is 5.91 Å². The normalized spacial score (nSPS) is 10.3. The second-order valence-corrected chi connectivity index (χ2v) is 5.42. The van der Waals surface area contributed by atoms with Gasteiger partial charge in [-0.15, -0.1) is 0 Å². The maximum Gasteiger partial charge on any atom is 0.255 e. The molecule has 2 aromatic carbocycles. The molecule has 0 fully saturated rings. The molecule has 0 unspecified atom stereocenters. The highest BCUT2D eigenvalue weighted by molar-refractivity contribution is 9.10. The van der Waals surface area contributed by atoms with Crippen LogP contribution in [0.5, 0.6) is 0 Å². The van der Waals surface area contributed by atoms with E-state index in [1.165, 1.54) is 0 Å². The van der Waals surface area contributed by atoms with E-state index >= 15 is 0 Å². The van der Waals surface area contributed by atoms with Crippen molar-refractivity contribution in [3.8, 4) is 0 Å². The highest BCUT2D eigenvalue weighted by Crippen LogP contribution is 2.23. The average Bonchev–Trinajstić information content (AvgIpc) is 2.37. The summed E-state index contributed by atoms with van der Waals surface area (Å²) in [6.07, 6.45) is 0. The Hall–Kier alpha value is -1.52. The van der Waals surface area contributed by atoms with Crippen molar-refractivity contribution < 1.29 is 4.79 Å². The summed E-state index contributed by atoms with van der Waals surface area (Å²) in [6, 6.07) is 10.4. The highest BCUT2D eigenvalue weighted by atomic mass is 79.9. The third kappa shape index (κ3) is 3.28. The van der Waals surface area contributed by atoms with Crippen LogP contribution in [-0.4, -0.2) is 5.91 Å². The molecule has 0 bridgehead atoms. The number of hydrogen-bond acceptors (Lipinski definition) is 2. The van der Waals surface area contributed by atoms with E-state index in [1.54, 1.807) is 18.2 Å². The zero-order chi connectivity index (χ0) is 14.0. The van der Waals surface area contributed by atoms with Crippen molar-refractivity contribution in [3.05, 3.63) is 57.0 Å². The third-order valence-electron chi connectivity index (χ3n) is 2.69. The van der Waals surface area contributed by atoms with Crippen LogP contribution in [0.4, 0.5) is 11.4 Å². The van der Waals surface area contributed by atoms with Crippen LogP contribution in [0, 0.1) is 6.92 Å². The Bertz CT molecular complexity index is 643. The van der Waals surface area contributed by atoms with Crippen molar-refractivity contribution in [2.24, 2.45) is 0 Å². The average molecular weight is 340 g/mol. The summed E-state index contributed by atoms with van der Waals surface area (Å²) < 4.78 is 0.945. The van der Waals surface area contributed by atoms with Crippen LogP contribution in [0.3, 0.4) is 0 Å². The first kappa shape index (κ1) is 13.9. The van der Waals surface area contributed by atoms with Crippen molar-refractivity contribution in [1.82, 2.24) is 0 Å². The smallest absolute Gasteiger partial charge is 0.255 e. The number of aryl methyl sites for hydroxylation is 1. The summed E-state index contributed by atoms with van der Waals surface area (Å²) in [5, 5.41) is 3.18. The minimum atomic E-state index is -0.224. The minimum absolute atomic E-state index is 0.224. The maximum atomic E-state index is 12.0. The van der Waals surface area contributed by atoms with Crippen molar-refractivity contribution in [1.29, 1.82) is 0 Å². The van der Waals surface area contributed by atoms with E-state index in [0.717, 1.165) is 15.7 Å². The first-order valence-corrected chi connectivity index (χ1v) is 6.77. The Labute approximate surface area is 124 Å². The van der Waals surface area contributed by atoms with Gasteiger partial charge < -0.3 is 11.1 Å². The van der Waals surface area contributed by atoms with E-state index in [9.17, 15) is 4.79 Å². The molecule has 98 valence electrons. The third-order valence-corrected chi connectivity index (χ3v) is 3.87. The number of hydrogen-bond donors (Lipinski definition) is 2. The summed E-state index contributed by atoms with van der Waals surface area (Å²) in [5.41, 5.74) is 8.35. The molecule has 3 N–H and O–H groups in total. The van der Waals surface area contributed by atoms with Crippen LogP contribution in [0.15, 0.2) is 40.9 Å². The molecule has 2 rings (SSSR count). The van der Waals surface area contributed by atoms with Crippen LogP contribution in [-0.2, 0) is 0 Å². The summed E-state index contributed by atoms with van der Waals surface area (Å²) in [6.45, 7) is 1.98. The standard InChI is InChI=1S/C14H12BrClN2O/c1-8-2-4-10(7-11(8)15)18-14(19)9-3-5-13(17)12(16)6-9/h2-7H,17H2,1H3,(H,18,19). The Balaban J connectivity index is 2.20. The molecule has 3 nitrogen and oxygen atoms in total. The first-order chi connectivity index (χ1) is 8.97. The lowest BCUT2D eigenvalue weighted by molar-refractivity contribution is 0.102. The van der Waals surface area contributed by atoms with E-state index in [0.29, 0.717) is 16.3 Å². The summed E-state index contributed by atoms with van der Waals surface area (Å²) in [7, 11) is 0. The van der Waals surface area contributed by atoms with Gasteiger partial charge >= 0.3 is 0 Å². The van der Waals surface area contributed by atoms with Gasteiger partial charge in [0.05, 0.1) is 10.7 Å². The number of nitrogen functional groups attached to an aromatic ring is 1. The van der Waals surface area contributed by atoms with Crippen molar-refractivity contribution in [2.75, 3.05) is 11.1 Å². The predicted molar refractivity (Wildman–Crippen MR) is 82.7 cm³/mol. The Morgan fingerprint density at radius 3 is 2.63 bits per heavy atom. The molecule has 0 atom stereocenters. The number of amides is 1. The van der Waals surface area contributed by atoms with E-state index in [-0.39, 0.29) is 5.91 Å². The van der Waals surface area contributed by atoms with Gasteiger partial charge in [0.2, 0.25) is 0 Å². The molecule has 5 heteroatoms. The zero-order valence-electron chi connectivity index (χ0n) is 10.2. The number of halogens is 2. The fourth-order valence-electron chi connectivity index (χ4n) is 1.54. The van der Waals surface area contributed by atoms with Gasteiger partial charge in [0.1, 0.15) is 0 Å². The molecule has 0 aliphatic heterocycles. The second kappa shape index (κ2) is 5.63. The number of benzene rings is 2. The molecule has 0 aliphatic rings. The van der Waals surface area contributed by atoms with E-state index in [2.05, 4.69) is 21.2 Å².